The Balaban J connectivity index is 1.61. The molecular weight excluding hydrogens is 314 g/mol. The van der Waals surface area contributed by atoms with Crippen LogP contribution in [0, 0.1) is 6.92 Å². The Bertz CT molecular complexity index is 741. The first-order valence-corrected chi connectivity index (χ1v) is 8.46. The first-order valence-electron chi connectivity index (χ1n) is 7.52. The van der Waals surface area contributed by atoms with Crippen LogP contribution in [0.4, 0.5) is 16.3 Å². The van der Waals surface area contributed by atoms with Gasteiger partial charge in [-0.3, -0.25) is 4.79 Å². The number of amides is 2. The highest BCUT2D eigenvalue weighted by molar-refractivity contribution is 7.08. The van der Waals surface area contributed by atoms with Crippen molar-refractivity contribution in [2.24, 2.45) is 0 Å². The maximum Gasteiger partial charge on any atom is 0.319 e. The average molecular weight is 333 g/mol. The van der Waals surface area contributed by atoms with Crippen LogP contribution in [0.15, 0.2) is 27.9 Å². The Hall–Kier alpha value is -2.35. The van der Waals surface area contributed by atoms with Gasteiger partial charge in [-0.2, -0.15) is 0 Å². The number of hydrogen-bond acceptors (Lipinski definition) is 5. The van der Waals surface area contributed by atoms with E-state index in [0.717, 1.165) is 30.6 Å². The normalized spacial score (nSPS) is 17.8. The SMILES string of the molecule is Cc1cscc1NC(=O)NC1CCCN(c2ncc[nH]c2=O)C1. The number of hydrogen-bond donors (Lipinski definition) is 3. The highest BCUT2D eigenvalue weighted by Gasteiger charge is 2.23. The minimum Gasteiger partial charge on any atom is -0.350 e. The number of aromatic nitrogens is 2. The number of nitrogens with one attached hydrogen (secondary N) is 3. The van der Waals surface area contributed by atoms with Crippen molar-refractivity contribution in [3.05, 3.63) is 39.1 Å². The summed E-state index contributed by atoms with van der Waals surface area (Å²) in [7, 11) is 0. The van der Waals surface area contributed by atoms with Crippen molar-refractivity contribution in [2.75, 3.05) is 23.3 Å². The van der Waals surface area contributed by atoms with E-state index in [2.05, 4.69) is 20.6 Å². The molecule has 0 aromatic carbocycles. The Morgan fingerprint density at radius 2 is 2.35 bits per heavy atom. The van der Waals surface area contributed by atoms with Gasteiger partial charge in [-0.15, -0.1) is 11.3 Å². The first kappa shape index (κ1) is 15.5. The quantitative estimate of drug-likeness (QED) is 0.800. The van der Waals surface area contributed by atoms with Crippen LogP contribution in [-0.2, 0) is 0 Å². The standard InChI is InChI=1S/C15H19N5O2S/c1-10-8-23-9-12(10)19-15(22)18-11-3-2-6-20(7-11)13-14(21)17-5-4-16-13/h4-5,8-9,11H,2-3,6-7H2,1H3,(H,17,21)(H2,18,19,22). The lowest BCUT2D eigenvalue weighted by Gasteiger charge is -2.33. The molecule has 1 aliphatic heterocycles. The van der Waals surface area contributed by atoms with Crippen molar-refractivity contribution < 1.29 is 4.79 Å². The maximum atomic E-state index is 12.1. The summed E-state index contributed by atoms with van der Waals surface area (Å²) < 4.78 is 0. The number of thiophene rings is 1. The van der Waals surface area contributed by atoms with Crippen molar-refractivity contribution in [3.63, 3.8) is 0 Å². The van der Waals surface area contributed by atoms with Crippen LogP contribution >= 0.6 is 11.3 Å². The fourth-order valence-electron chi connectivity index (χ4n) is 2.69. The molecular formula is C15H19N5O2S. The lowest BCUT2D eigenvalue weighted by molar-refractivity contribution is 0.246. The van der Waals surface area contributed by atoms with E-state index in [1.165, 1.54) is 6.20 Å². The molecule has 23 heavy (non-hydrogen) atoms. The van der Waals surface area contributed by atoms with Crippen LogP contribution in [0.5, 0.6) is 0 Å². The van der Waals surface area contributed by atoms with Crippen LogP contribution in [0.3, 0.4) is 0 Å². The Kier molecular flexibility index (Phi) is 4.61. The zero-order valence-corrected chi connectivity index (χ0v) is 13.7. The molecule has 8 heteroatoms. The number of rotatable bonds is 3. The summed E-state index contributed by atoms with van der Waals surface area (Å²) in [5.41, 5.74) is 1.68. The third kappa shape index (κ3) is 3.70. The zero-order valence-electron chi connectivity index (χ0n) is 12.8. The molecule has 3 rings (SSSR count). The number of anilines is 2. The molecule has 3 heterocycles. The van der Waals surface area contributed by atoms with E-state index in [0.29, 0.717) is 12.4 Å². The van der Waals surface area contributed by atoms with Gasteiger partial charge in [-0.25, -0.2) is 9.78 Å². The van der Waals surface area contributed by atoms with E-state index in [9.17, 15) is 9.59 Å². The van der Waals surface area contributed by atoms with Crippen LogP contribution in [0.25, 0.3) is 0 Å². The molecule has 1 fully saturated rings. The molecule has 1 atom stereocenters. The van der Waals surface area contributed by atoms with Crippen LogP contribution in [0.1, 0.15) is 18.4 Å². The molecule has 2 aromatic rings. The molecule has 7 nitrogen and oxygen atoms in total. The van der Waals surface area contributed by atoms with E-state index in [4.69, 9.17) is 0 Å². The first-order chi connectivity index (χ1) is 11.1. The van der Waals surface area contributed by atoms with Gasteiger partial charge in [0.25, 0.3) is 5.56 Å². The Morgan fingerprint density at radius 1 is 1.48 bits per heavy atom. The minimum atomic E-state index is -0.215. The average Bonchev–Trinajstić information content (AvgIpc) is 2.93. The van der Waals surface area contributed by atoms with Gasteiger partial charge in [-0.1, -0.05) is 0 Å². The molecule has 2 aromatic heterocycles. The minimum absolute atomic E-state index is 0.0101. The zero-order chi connectivity index (χ0) is 16.2. The van der Waals surface area contributed by atoms with Crippen LogP contribution in [0.2, 0.25) is 0 Å². The van der Waals surface area contributed by atoms with Gasteiger partial charge in [0.05, 0.1) is 5.69 Å². The fourth-order valence-corrected chi connectivity index (χ4v) is 3.47. The summed E-state index contributed by atoms with van der Waals surface area (Å²) >= 11 is 1.56. The number of carbonyl (C=O) groups is 1. The molecule has 122 valence electrons. The van der Waals surface area contributed by atoms with E-state index in [-0.39, 0.29) is 17.6 Å². The molecule has 0 aliphatic carbocycles. The van der Waals surface area contributed by atoms with Crippen LogP contribution < -0.4 is 21.1 Å². The van der Waals surface area contributed by atoms with E-state index in [1.54, 1.807) is 17.5 Å². The van der Waals surface area contributed by atoms with Gasteiger partial charge in [0, 0.05) is 36.9 Å². The van der Waals surface area contributed by atoms with Crippen molar-refractivity contribution >= 4 is 28.9 Å². The summed E-state index contributed by atoms with van der Waals surface area (Å²) in [6, 6.07) is -0.225. The van der Waals surface area contributed by atoms with Crippen molar-refractivity contribution in [1.82, 2.24) is 15.3 Å². The fraction of sp³-hybridized carbons (Fsp3) is 0.400. The van der Waals surface area contributed by atoms with E-state index >= 15 is 0 Å². The van der Waals surface area contributed by atoms with Gasteiger partial charge in [-0.05, 0) is 30.7 Å². The summed E-state index contributed by atoms with van der Waals surface area (Å²) in [5, 5.41) is 9.74. The lowest BCUT2D eigenvalue weighted by Crippen LogP contribution is -2.50. The number of piperidine rings is 1. The van der Waals surface area contributed by atoms with E-state index < -0.39 is 0 Å². The second kappa shape index (κ2) is 6.82. The second-order valence-electron chi connectivity index (χ2n) is 5.59. The topological polar surface area (TPSA) is 90.1 Å². The summed E-state index contributed by atoms with van der Waals surface area (Å²) in [6.45, 7) is 3.31. The maximum absolute atomic E-state index is 12.1. The largest absolute Gasteiger partial charge is 0.350 e. The van der Waals surface area contributed by atoms with Crippen LogP contribution in [-0.4, -0.2) is 35.1 Å². The third-order valence-corrected chi connectivity index (χ3v) is 4.71. The van der Waals surface area contributed by atoms with Crippen molar-refractivity contribution in [3.8, 4) is 0 Å². The summed E-state index contributed by atoms with van der Waals surface area (Å²) in [5.74, 6) is 0.410. The lowest BCUT2D eigenvalue weighted by atomic mass is 10.1. The molecule has 2 amide bonds. The number of H-pyrrole nitrogens is 1. The Labute approximate surface area is 137 Å². The molecule has 0 saturated carbocycles. The third-order valence-electron chi connectivity index (χ3n) is 3.85. The predicted octanol–water partition coefficient (Wildman–Crippen LogP) is 1.93. The Morgan fingerprint density at radius 3 is 3.09 bits per heavy atom. The van der Waals surface area contributed by atoms with Gasteiger partial charge in [0.2, 0.25) is 0 Å². The molecule has 0 spiro atoms. The van der Waals surface area contributed by atoms with Gasteiger partial charge < -0.3 is 20.5 Å². The highest BCUT2D eigenvalue weighted by Crippen LogP contribution is 2.19. The van der Waals surface area contributed by atoms with Crippen molar-refractivity contribution in [2.45, 2.75) is 25.8 Å². The highest BCUT2D eigenvalue weighted by atomic mass is 32.1. The summed E-state index contributed by atoms with van der Waals surface area (Å²) in [6.07, 6.45) is 4.87. The smallest absolute Gasteiger partial charge is 0.319 e. The van der Waals surface area contributed by atoms with Gasteiger partial charge in [0.1, 0.15) is 0 Å². The molecule has 3 N–H and O–H groups in total. The molecule has 1 aliphatic rings. The number of carbonyl (C=O) groups excluding carboxylic acids is 1. The molecule has 0 radical (unpaired) electrons. The van der Waals surface area contributed by atoms with Crippen molar-refractivity contribution in [1.29, 1.82) is 0 Å². The number of nitrogens with zero attached hydrogens (tertiary/aromatic N) is 2. The second-order valence-corrected chi connectivity index (χ2v) is 6.34. The van der Waals surface area contributed by atoms with E-state index in [1.807, 2.05) is 22.6 Å². The number of urea groups is 1. The molecule has 1 saturated heterocycles. The predicted molar refractivity (Wildman–Crippen MR) is 91.3 cm³/mol. The molecule has 0 bridgehead atoms. The monoisotopic (exact) mass is 333 g/mol. The molecule has 1 unspecified atom stereocenters. The van der Waals surface area contributed by atoms with Gasteiger partial charge in [0.15, 0.2) is 5.82 Å². The number of aromatic amines is 1. The van der Waals surface area contributed by atoms with Gasteiger partial charge >= 0.3 is 6.03 Å². The number of aryl methyl sites for hydroxylation is 1. The summed E-state index contributed by atoms with van der Waals surface area (Å²) in [4.78, 5) is 32.7.